The molecule has 6 nitrogen and oxygen atoms in total. The van der Waals surface area contributed by atoms with E-state index in [2.05, 4.69) is 15.2 Å². The summed E-state index contributed by atoms with van der Waals surface area (Å²) in [6, 6.07) is 8.97. The van der Waals surface area contributed by atoms with Gasteiger partial charge in [0.2, 0.25) is 0 Å². The average molecular weight is 328 g/mol. The predicted octanol–water partition coefficient (Wildman–Crippen LogP) is 2.76. The van der Waals surface area contributed by atoms with Gasteiger partial charge in [-0.2, -0.15) is 0 Å². The Bertz CT molecular complexity index is 878. The number of nitrogens with zero attached hydrogens (tertiary/aromatic N) is 5. The Morgan fingerprint density at radius 1 is 1.26 bits per heavy atom. The number of halogens is 1. The average Bonchev–Trinajstić information content (AvgIpc) is 3.20. The van der Waals surface area contributed by atoms with E-state index in [9.17, 15) is 4.79 Å². The van der Waals surface area contributed by atoms with Gasteiger partial charge in [-0.25, -0.2) is 4.98 Å². The molecule has 1 saturated heterocycles. The molecule has 1 aliphatic heterocycles. The maximum atomic E-state index is 12.8. The van der Waals surface area contributed by atoms with Gasteiger partial charge in [-0.3, -0.25) is 9.20 Å². The van der Waals surface area contributed by atoms with Crippen LogP contribution in [0.25, 0.3) is 5.65 Å². The lowest BCUT2D eigenvalue weighted by molar-refractivity contribution is 0.0729. The zero-order valence-electron chi connectivity index (χ0n) is 12.3. The van der Waals surface area contributed by atoms with Crippen molar-refractivity contribution in [2.24, 2.45) is 0 Å². The lowest BCUT2D eigenvalue weighted by Gasteiger charge is -2.23. The van der Waals surface area contributed by atoms with Crippen molar-refractivity contribution in [3.8, 4) is 0 Å². The number of fused-ring (bicyclic) bond motifs is 1. The number of likely N-dealkylation sites (tertiary alicyclic amines) is 1. The molecule has 7 heteroatoms. The van der Waals surface area contributed by atoms with Crippen LogP contribution in [0, 0.1) is 0 Å². The number of carbonyl (C=O) groups excluding carboxylic acids is 1. The van der Waals surface area contributed by atoms with Crippen molar-refractivity contribution in [3.63, 3.8) is 0 Å². The summed E-state index contributed by atoms with van der Waals surface area (Å²) in [5, 5.41) is 8.81. The molecule has 0 aliphatic carbocycles. The zero-order valence-corrected chi connectivity index (χ0v) is 13.0. The fraction of sp³-hybridized carbons (Fsp3) is 0.250. The molecule has 116 valence electrons. The van der Waals surface area contributed by atoms with E-state index >= 15 is 0 Å². The van der Waals surface area contributed by atoms with Gasteiger partial charge < -0.3 is 4.90 Å². The highest BCUT2D eigenvalue weighted by atomic mass is 35.5. The van der Waals surface area contributed by atoms with E-state index in [1.165, 1.54) is 0 Å². The van der Waals surface area contributed by atoms with E-state index in [1.807, 2.05) is 33.7 Å². The van der Waals surface area contributed by atoms with Crippen molar-refractivity contribution in [1.82, 2.24) is 24.5 Å². The summed E-state index contributed by atoms with van der Waals surface area (Å²) in [4.78, 5) is 18.6. The lowest BCUT2D eigenvalue weighted by atomic mass is 10.2. The Morgan fingerprint density at radius 3 is 3.04 bits per heavy atom. The molecule has 0 aromatic carbocycles. The summed E-state index contributed by atoms with van der Waals surface area (Å²) in [7, 11) is 0. The SMILES string of the molecule is O=C(c1ccnc(Cl)c1)N1CCCC1c1nnc2ccccn12. The van der Waals surface area contributed by atoms with Gasteiger partial charge in [-0.15, -0.1) is 10.2 Å². The van der Waals surface area contributed by atoms with Crippen LogP contribution in [0.1, 0.15) is 35.1 Å². The normalized spacial score (nSPS) is 17.8. The molecule has 0 bridgehead atoms. The molecule has 23 heavy (non-hydrogen) atoms. The molecule has 1 amide bonds. The number of aromatic nitrogens is 4. The first kappa shape index (κ1) is 14.1. The molecule has 0 radical (unpaired) electrons. The summed E-state index contributed by atoms with van der Waals surface area (Å²) in [5.74, 6) is 0.746. The number of hydrogen-bond acceptors (Lipinski definition) is 4. The van der Waals surface area contributed by atoms with Crippen LogP contribution in [0.4, 0.5) is 0 Å². The summed E-state index contributed by atoms with van der Waals surface area (Å²) >= 11 is 5.90. The maximum Gasteiger partial charge on any atom is 0.254 e. The van der Waals surface area contributed by atoms with E-state index in [4.69, 9.17) is 11.6 Å². The molecule has 0 N–H and O–H groups in total. The third kappa shape index (κ3) is 2.45. The third-order valence-electron chi connectivity index (χ3n) is 4.13. The van der Waals surface area contributed by atoms with Crippen LogP contribution in [-0.4, -0.2) is 36.9 Å². The Labute approximate surface area is 137 Å². The number of hydrogen-bond donors (Lipinski definition) is 0. The number of rotatable bonds is 2. The van der Waals surface area contributed by atoms with Crippen LogP contribution < -0.4 is 0 Å². The van der Waals surface area contributed by atoms with Gasteiger partial charge in [0.25, 0.3) is 5.91 Å². The minimum atomic E-state index is -0.0770. The molecule has 1 fully saturated rings. The first-order valence-corrected chi connectivity index (χ1v) is 7.84. The fourth-order valence-electron chi connectivity index (χ4n) is 3.07. The van der Waals surface area contributed by atoms with Crippen molar-refractivity contribution >= 4 is 23.2 Å². The molecule has 1 aliphatic rings. The minimum Gasteiger partial charge on any atom is -0.328 e. The molecule has 0 saturated carbocycles. The van der Waals surface area contributed by atoms with Crippen LogP contribution in [-0.2, 0) is 0 Å². The smallest absolute Gasteiger partial charge is 0.254 e. The largest absolute Gasteiger partial charge is 0.328 e. The number of pyridine rings is 2. The molecule has 1 unspecified atom stereocenters. The van der Waals surface area contributed by atoms with Crippen molar-refractivity contribution in [3.05, 3.63) is 59.3 Å². The topological polar surface area (TPSA) is 63.4 Å². The highest BCUT2D eigenvalue weighted by Gasteiger charge is 2.33. The van der Waals surface area contributed by atoms with Crippen LogP contribution in [0.5, 0.6) is 0 Å². The molecular formula is C16H14ClN5O. The van der Waals surface area contributed by atoms with E-state index in [1.54, 1.807) is 18.3 Å². The Morgan fingerprint density at radius 2 is 2.17 bits per heavy atom. The first-order valence-electron chi connectivity index (χ1n) is 7.46. The maximum absolute atomic E-state index is 12.8. The Balaban J connectivity index is 1.70. The van der Waals surface area contributed by atoms with Gasteiger partial charge in [0.05, 0.1) is 6.04 Å². The quantitative estimate of drug-likeness (QED) is 0.679. The van der Waals surface area contributed by atoms with Gasteiger partial charge in [0.15, 0.2) is 11.5 Å². The Hall–Kier alpha value is -2.47. The van der Waals surface area contributed by atoms with Crippen molar-refractivity contribution in [2.75, 3.05) is 6.54 Å². The number of amides is 1. The fourth-order valence-corrected chi connectivity index (χ4v) is 3.24. The first-order chi connectivity index (χ1) is 11.2. The highest BCUT2D eigenvalue weighted by Crippen LogP contribution is 2.32. The second-order valence-electron chi connectivity index (χ2n) is 5.51. The molecule has 4 heterocycles. The van der Waals surface area contributed by atoms with Gasteiger partial charge in [-0.1, -0.05) is 17.7 Å². The second kappa shape index (κ2) is 5.62. The molecule has 3 aromatic heterocycles. The monoisotopic (exact) mass is 327 g/mol. The Kier molecular flexibility index (Phi) is 3.46. The standard InChI is InChI=1S/C16H14ClN5O/c17-13-10-11(6-7-18-13)16(23)21-9-3-4-12(21)15-20-19-14-5-1-2-8-22(14)15/h1-2,5-8,10,12H,3-4,9H2. The van der Waals surface area contributed by atoms with Crippen LogP contribution in [0.3, 0.4) is 0 Å². The molecule has 0 spiro atoms. The van der Waals surface area contributed by atoms with Crippen LogP contribution in [0.15, 0.2) is 42.7 Å². The van der Waals surface area contributed by atoms with Gasteiger partial charge >= 0.3 is 0 Å². The van der Waals surface area contributed by atoms with E-state index in [0.29, 0.717) is 17.3 Å². The third-order valence-corrected chi connectivity index (χ3v) is 4.33. The van der Waals surface area contributed by atoms with Crippen LogP contribution >= 0.6 is 11.6 Å². The molecule has 1 atom stereocenters. The number of carbonyl (C=O) groups is 1. The van der Waals surface area contributed by atoms with Crippen molar-refractivity contribution < 1.29 is 4.79 Å². The molecule has 4 rings (SSSR count). The van der Waals surface area contributed by atoms with E-state index < -0.39 is 0 Å². The summed E-state index contributed by atoms with van der Waals surface area (Å²) in [6.45, 7) is 0.700. The van der Waals surface area contributed by atoms with Crippen molar-refractivity contribution in [1.29, 1.82) is 0 Å². The summed E-state index contributed by atoms with van der Waals surface area (Å²) < 4.78 is 1.94. The summed E-state index contributed by atoms with van der Waals surface area (Å²) in [5.41, 5.74) is 1.33. The second-order valence-corrected chi connectivity index (χ2v) is 5.90. The van der Waals surface area contributed by atoms with Gasteiger partial charge in [0.1, 0.15) is 5.15 Å². The molecule has 3 aromatic rings. The van der Waals surface area contributed by atoms with Crippen molar-refractivity contribution in [2.45, 2.75) is 18.9 Å². The van der Waals surface area contributed by atoms with E-state index in [0.717, 1.165) is 24.3 Å². The highest BCUT2D eigenvalue weighted by molar-refractivity contribution is 6.29. The zero-order chi connectivity index (χ0) is 15.8. The van der Waals surface area contributed by atoms with Gasteiger partial charge in [-0.05, 0) is 37.1 Å². The van der Waals surface area contributed by atoms with Crippen LogP contribution in [0.2, 0.25) is 5.15 Å². The minimum absolute atomic E-state index is 0.0514. The summed E-state index contributed by atoms with van der Waals surface area (Å²) in [6.07, 6.45) is 5.29. The van der Waals surface area contributed by atoms with E-state index in [-0.39, 0.29) is 11.9 Å². The van der Waals surface area contributed by atoms with Gasteiger partial charge in [0, 0.05) is 24.5 Å². The lowest BCUT2D eigenvalue weighted by Crippen LogP contribution is -2.31. The molecular weight excluding hydrogens is 314 g/mol. The predicted molar refractivity (Wildman–Crippen MR) is 85.2 cm³/mol.